The minimum Gasteiger partial charge on any atom is -0.490 e. The molecule has 1 saturated heterocycles. The summed E-state index contributed by atoms with van der Waals surface area (Å²) >= 11 is 1.92. The van der Waals surface area contributed by atoms with Crippen LogP contribution < -0.4 is 14.8 Å². The summed E-state index contributed by atoms with van der Waals surface area (Å²) < 4.78 is 50.3. The predicted octanol–water partition coefficient (Wildman–Crippen LogP) is 8.10. The van der Waals surface area contributed by atoms with Crippen LogP contribution in [0, 0.1) is 6.92 Å². The zero-order valence-electron chi connectivity index (χ0n) is 22.1. The smallest absolute Gasteiger partial charge is 0.490 e. The Kier molecular flexibility index (Phi) is 9.80. The molecule has 9 heteroatoms. The molecule has 208 valence electrons. The van der Waals surface area contributed by atoms with Gasteiger partial charge in [-0.3, -0.25) is 9.10 Å². The molecule has 0 bridgehead atoms. The number of anilines is 1. The number of hydrogen-bond acceptors (Lipinski definition) is 5. The fourth-order valence-corrected chi connectivity index (χ4v) is 5.66. The number of carbonyl (C=O) groups is 1. The number of benzene rings is 3. The maximum absolute atomic E-state index is 13.3. The molecule has 1 heterocycles. The molecule has 0 atom stereocenters. The molecule has 39 heavy (non-hydrogen) atoms. The molecular formula is C30H33F3N2O3S. The summed E-state index contributed by atoms with van der Waals surface area (Å²) in [6.45, 7) is 6.05. The molecule has 3 aromatic carbocycles. The maximum Gasteiger partial charge on any atom is 0.573 e. The third kappa shape index (κ3) is 8.41. The van der Waals surface area contributed by atoms with Crippen molar-refractivity contribution in [2.24, 2.45) is 0 Å². The van der Waals surface area contributed by atoms with E-state index in [1.807, 2.05) is 43.1 Å². The Bertz CT molecular complexity index is 1240. The molecule has 4 rings (SSSR count). The minimum atomic E-state index is -4.77. The van der Waals surface area contributed by atoms with Crippen LogP contribution in [0.4, 0.5) is 18.9 Å². The lowest BCUT2D eigenvalue weighted by Crippen LogP contribution is -2.34. The zero-order chi connectivity index (χ0) is 27.8. The van der Waals surface area contributed by atoms with Crippen LogP contribution in [0.2, 0.25) is 0 Å². The molecule has 0 aromatic heterocycles. The number of nitrogens with zero attached hydrogens (tertiary/aromatic N) is 1. The van der Waals surface area contributed by atoms with Crippen molar-refractivity contribution >= 4 is 23.5 Å². The fraction of sp³-hybridized carbons (Fsp3) is 0.367. The van der Waals surface area contributed by atoms with Gasteiger partial charge < -0.3 is 14.8 Å². The standard InChI is InChI=1S/C30H33F3N2O3S/c1-3-4-19-39-35-17-15-24(16-18-35)37-26-9-6-8-23(20-26)34-29(36)27-10-5-7-21(2)28(27)22-11-13-25(14-12-22)38-30(31,32)33/h5-14,20,24H,3-4,15-19H2,1-2H3,(H,34,36). The first-order valence-electron chi connectivity index (χ1n) is 13.1. The molecular weight excluding hydrogens is 525 g/mol. The van der Waals surface area contributed by atoms with E-state index >= 15 is 0 Å². The van der Waals surface area contributed by atoms with Crippen LogP contribution in [0.25, 0.3) is 11.1 Å². The number of amides is 1. The summed E-state index contributed by atoms with van der Waals surface area (Å²) in [6.07, 6.45) is -0.292. The summed E-state index contributed by atoms with van der Waals surface area (Å²) in [5.74, 6) is 1.22. The van der Waals surface area contributed by atoms with Crippen LogP contribution >= 0.6 is 11.9 Å². The molecule has 0 aliphatic carbocycles. The number of alkyl halides is 3. The summed E-state index contributed by atoms with van der Waals surface area (Å²) in [4.78, 5) is 13.3. The number of hydrogen-bond donors (Lipinski definition) is 1. The first kappa shape index (κ1) is 28.8. The molecule has 0 saturated carbocycles. The first-order chi connectivity index (χ1) is 18.7. The summed E-state index contributed by atoms with van der Waals surface area (Å²) in [5, 5.41) is 2.95. The lowest BCUT2D eigenvalue weighted by Gasteiger charge is -2.31. The highest BCUT2D eigenvalue weighted by atomic mass is 32.2. The Balaban J connectivity index is 1.41. The van der Waals surface area contributed by atoms with E-state index in [1.165, 1.54) is 37.1 Å². The van der Waals surface area contributed by atoms with Crippen molar-refractivity contribution in [1.82, 2.24) is 4.31 Å². The molecule has 0 radical (unpaired) electrons. The van der Waals surface area contributed by atoms with E-state index in [4.69, 9.17) is 4.74 Å². The number of unbranched alkanes of at least 4 members (excludes halogenated alkanes) is 1. The molecule has 1 N–H and O–H groups in total. The number of nitrogens with one attached hydrogen (secondary N) is 1. The number of piperidine rings is 1. The van der Waals surface area contributed by atoms with Gasteiger partial charge in [0.1, 0.15) is 17.6 Å². The van der Waals surface area contributed by atoms with E-state index in [1.54, 1.807) is 18.2 Å². The second-order valence-corrected chi connectivity index (χ2v) is 10.7. The summed E-state index contributed by atoms with van der Waals surface area (Å²) in [6, 6.07) is 18.2. The average Bonchev–Trinajstić information content (AvgIpc) is 2.90. The van der Waals surface area contributed by atoms with Gasteiger partial charge in [0.15, 0.2) is 0 Å². The topological polar surface area (TPSA) is 50.8 Å². The van der Waals surface area contributed by atoms with Gasteiger partial charge in [0, 0.05) is 36.2 Å². The van der Waals surface area contributed by atoms with E-state index < -0.39 is 6.36 Å². The predicted molar refractivity (Wildman–Crippen MR) is 150 cm³/mol. The molecule has 5 nitrogen and oxygen atoms in total. The summed E-state index contributed by atoms with van der Waals surface area (Å²) in [7, 11) is 0. The Labute approximate surface area is 231 Å². The fourth-order valence-electron chi connectivity index (χ4n) is 4.52. The van der Waals surface area contributed by atoms with Gasteiger partial charge in [0.2, 0.25) is 0 Å². The highest BCUT2D eigenvalue weighted by molar-refractivity contribution is 7.97. The van der Waals surface area contributed by atoms with Gasteiger partial charge in [0.25, 0.3) is 5.91 Å². The quantitative estimate of drug-likeness (QED) is 0.201. The molecule has 0 spiro atoms. The third-order valence-corrected chi connectivity index (χ3v) is 7.66. The molecule has 1 aliphatic rings. The molecule has 3 aromatic rings. The van der Waals surface area contributed by atoms with Crippen LogP contribution in [0.15, 0.2) is 66.7 Å². The second-order valence-electron chi connectivity index (χ2n) is 9.48. The van der Waals surface area contributed by atoms with E-state index in [9.17, 15) is 18.0 Å². The summed E-state index contributed by atoms with van der Waals surface area (Å²) in [5.41, 5.74) is 3.10. The largest absolute Gasteiger partial charge is 0.573 e. The number of halogens is 3. The van der Waals surface area contributed by atoms with Gasteiger partial charge in [-0.2, -0.15) is 0 Å². The Hall–Kier alpha value is -3.17. The van der Waals surface area contributed by atoms with Gasteiger partial charge >= 0.3 is 6.36 Å². The lowest BCUT2D eigenvalue weighted by atomic mass is 9.94. The van der Waals surface area contributed by atoms with Crippen LogP contribution in [-0.4, -0.2) is 41.5 Å². The van der Waals surface area contributed by atoms with Crippen molar-refractivity contribution in [2.45, 2.75) is 52.0 Å². The highest BCUT2D eigenvalue weighted by Crippen LogP contribution is 2.32. The van der Waals surface area contributed by atoms with E-state index in [0.29, 0.717) is 28.1 Å². The van der Waals surface area contributed by atoms with Gasteiger partial charge in [-0.05, 0) is 73.2 Å². The molecule has 1 aliphatic heterocycles. The van der Waals surface area contributed by atoms with Gasteiger partial charge in [-0.1, -0.05) is 55.6 Å². The average molecular weight is 559 g/mol. The minimum absolute atomic E-state index is 0.131. The van der Waals surface area contributed by atoms with Crippen molar-refractivity contribution in [1.29, 1.82) is 0 Å². The van der Waals surface area contributed by atoms with Crippen LogP contribution in [0.3, 0.4) is 0 Å². The Morgan fingerprint density at radius 3 is 2.44 bits per heavy atom. The van der Waals surface area contributed by atoms with Crippen molar-refractivity contribution < 1.29 is 27.4 Å². The molecule has 0 unspecified atom stereocenters. The molecule has 1 amide bonds. The van der Waals surface area contributed by atoms with Crippen LogP contribution in [0.1, 0.15) is 48.5 Å². The van der Waals surface area contributed by atoms with Gasteiger partial charge in [0.05, 0.1) is 0 Å². The van der Waals surface area contributed by atoms with Crippen LogP contribution in [0.5, 0.6) is 11.5 Å². The maximum atomic E-state index is 13.3. The third-order valence-electron chi connectivity index (χ3n) is 6.46. The van der Waals surface area contributed by atoms with E-state index in [0.717, 1.165) is 37.2 Å². The zero-order valence-corrected chi connectivity index (χ0v) is 22.9. The highest BCUT2D eigenvalue weighted by Gasteiger charge is 2.31. The number of aryl methyl sites for hydroxylation is 1. The number of ether oxygens (including phenoxy) is 2. The van der Waals surface area contributed by atoms with Crippen molar-refractivity contribution in [3.63, 3.8) is 0 Å². The van der Waals surface area contributed by atoms with E-state index in [-0.39, 0.29) is 17.8 Å². The van der Waals surface area contributed by atoms with Crippen LogP contribution in [-0.2, 0) is 0 Å². The van der Waals surface area contributed by atoms with Gasteiger partial charge in [-0.25, -0.2) is 0 Å². The second kappa shape index (κ2) is 13.3. The first-order valence-corrected chi connectivity index (χ1v) is 14.1. The van der Waals surface area contributed by atoms with Gasteiger partial charge in [-0.15, -0.1) is 13.2 Å². The normalized spacial score (nSPS) is 14.7. The van der Waals surface area contributed by atoms with Crippen molar-refractivity contribution in [3.8, 4) is 22.6 Å². The number of carbonyl (C=O) groups excluding carboxylic acids is 1. The monoisotopic (exact) mass is 558 g/mol. The van der Waals surface area contributed by atoms with Crippen molar-refractivity contribution in [3.05, 3.63) is 77.9 Å². The molecule has 1 fully saturated rings. The van der Waals surface area contributed by atoms with E-state index in [2.05, 4.69) is 21.3 Å². The van der Waals surface area contributed by atoms with Crippen molar-refractivity contribution in [2.75, 3.05) is 24.2 Å². The number of rotatable bonds is 10. The Morgan fingerprint density at radius 1 is 1.03 bits per heavy atom. The SMILES string of the molecule is CCCCSN1CCC(Oc2cccc(NC(=O)c3cccc(C)c3-c3ccc(OC(F)(F)F)cc3)c2)CC1. The lowest BCUT2D eigenvalue weighted by molar-refractivity contribution is -0.274. The Morgan fingerprint density at radius 2 is 1.74 bits per heavy atom.